The van der Waals surface area contributed by atoms with Gasteiger partial charge in [0.05, 0.1) is 25.3 Å². The topological polar surface area (TPSA) is 69.1 Å². The molecule has 162 valence electrons. The smallest absolute Gasteiger partial charge is 0.191 e. The van der Waals surface area contributed by atoms with Crippen LogP contribution in [0.3, 0.4) is 0 Å². The number of aliphatic imine (C=N–C) groups is 1. The van der Waals surface area contributed by atoms with Gasteiger partial charge in [-0.05, 0) is 62.7 Å². The van der Waals surface area contributed by atoms with Gasteiger partial charge in [0.1, 0.15) is 5.75 Å². The van der Waals surface area contributed by atoms with Crippen molar-refractivity contribution in [2.75, 3.05) is 51.3 Å². The molecule has 2 aliphatic heterocycles. The number of guanidine groups is 1. The van der Waals surface area contributed by atoms with Gasteiger partial charge in [0.2, 0.25) is 0 Å². The molecule has 2 atom stereocenters. The fourth-order valence-corrected chi connectivity index (χ4v) is 5.28. The second-order valence-corrected chi connectivity index (χ2v) is 9.09. The van der Waals surface area contributed by atoms with E-state index in [4.69, 9.17) is 9.73 Å². The van der Waals surface area contributed by atoms with Crippen LogP contribution < -0.4 is 15.4 Å². The molecule has 2 fully saturated rings. The predicted octanol–water partition coefficient (Wildman–Crippen LogP) is 2.65. The summed E-state index contributed by atoms with van der Waals surface area (Å²) in [6, 6.07) is 8.71. The first kappa shape index (κ1) is 22.2. The number of nitrogens with zero attached hydrogens (tertiary/aromatic N) is 2. The van der Waals surface area contributed by atoms with E-state index in [0.717, 1.165) is 55.8 Å². The molecular formula is C22H36N4O2S. The summed E-state index contributed by atoms with van der Waals surface area (Å²) in [5, 5.41) is 17.5. The van der Waals surface area contributed by atoms with Crippen molar-refractivity contribution in [3.8, 4) is 5.75 Å². The van der Waals surface area contributed by atoms with Crippen molar-refractivity contribution in [3.63, 3.8) is 0 Å². The minimum atomic E-state index is -0.657. The standard InChI is InChI=1S/C22H36N4O2S/c1-3-23-21(25-16-22(27)11-14-29-17-22)24-15-20(26-12-5-4-6-13-26)18-7-9-19(28-2)10-8-18/h7-10,20,27H,3-6,11-17H2,1-2H3,(H2,23,24,25). The van der Waals surface area contributed by atoms with Gasteiger partial charge in [-0.25, -0.2) is 0 Å². The summed E-state index contributed by atoms with van der Waals surface area (Å²) < 4.78 is 5.33. The molecule has 0 saturated carbocycles. The Hall–Kier alpha value is -1.44. The summed E-state index contributed by atoms with van der Waals surface area (Å²) in [7, 11) is 1.70. The molecule has 2 aliphatic rings. The van der Waals surface area contributed by atoms with Crippen LogP contribution in [0.15, 0.2) is 29.3 Å². The number of benzene rings is 1. The number of methoxy groups -OCH3 is 1. The average Bonchev–Trinajstić information content (AvgIpc) is 3.20. The van der Waals surface area contributed by atoms with Crippen molar-refractivity contribution in [2.45, 2.75) is 44.2 Å². The SMILES string of the molecule is CCNC(=NCC1(O)CCSC1)NCC(c1ccc(OC)cc1)N1CCCCC1. The monoisotopic (exact) mass is 420 g/mol. The maximum absolute atomic E-state index is 10.6. The summed E-state index contributed by atoms with van der Waals surface area (Å²) >= 11 is 1.81. The van der Waals surface area contributed by atoms with Crippen molar-refractivity contribution in [1.29, 1.82) is 0 Å². The molecular weight excluding hydrogens is 384 g/mol. The molecule has 3 N–H and O–H groups in total. The number of aliphatic hydroxyl groups is 1. The van der Waals surface area contributed by atoms with Crippen LogP contribution in [0.25, 0.3) is 0 Å². The van der Waals surface area contributed by atoms with Crippen LogP contribution in [-0.2, 0) is 0 Å². The highest BCUT2D eigenvalue weighted by Gasteiger charge is 2.31. The second-order valence-electron chi connectivity index (χ2n) is 7.99. The molecule has 3 rings (SSSR count). The zero-order valence-electron chi connectivity index (χ0n) is 17.8. The quantitative estimate of drug-likeness (QED) is 0.444. The Labute approximate surface area is 179 Å². The van der Waals surface area contributed by atoms with Gasteiger partial charge in [0, 0.05) is 18.8 Å². The third-order valence-corrected chi connectivity index (χ3v) is 6.99. The minimum Gasteiger partial charge on any atom is -0.497 e. The maximum atomic E-state index is 10.6. The fraction of sp³-hybridized carbons (Fsp3) is 0.682. The largest absolute Gasteiger partial charge is 0.497 e. The number of likely N-dealkylation sites (tertiary alicyclic amines) is 1. The van der Waals surface area contributed by atoms with Gasteiger partial charge in [0.15, 0.2) is 5.96 Å². The van der Waals surface area contributed by atoms with Crippen LogP contribution in [0, 0.1) is 0 Å². The minimum absolute atomic E-state index is 0.287. The van der Waals surface area contributed by atoms with Crippen molar-refractivity contribution in [1.82, 2.24) is 15.5 Å². The fourth-order valence-electron chi connectivity index (χ4n) is 4.00. The Morgan fingerprint density at radius 1 is 1.24 bits per heavy atom. The highest BCUT2D eigenvalue weighted by atomic mass is 32.2. The molecule has 2 unspecified atom stereocenters. The summed E-state index contributed by atoms with van der Waals surface area (Å²) in [6.07, 6.45) is 4.65. The van der Waals surface area contributed by atoms with Gasteiger partial charge in [-0.3, -0.25) is 9.89 Å². The Morgan fingerprint density at radius 2 is 2.00 bits per heavy atom. The number of nitrogens with one attached hydrogen (secondary N) is 2. The van der Waals surface area contributed by atoms with E-state index in [1.54, 1.807) is 18.9 Å². The number of thioether (sulfide) groups is 1. The van der Waals surface area contributed by atoms with Gasteiger partial charge in [0.25, 0.3) is 0 Å². The van der Waals surface area contributed by atoms with Gasteiger partial charge in [-0.1, -0.05) is 18.6 Å². The lowest BCUT2D eigenvalue weighted by atomic mass is 10.0. The lowest BCUT2D eigenvalue weighted by Gasteiger charge is -2.35. The normalized spacial score (nSPS) is 24.3. The molecule has 2 saturated heterocycles. The molecule has 7 heteroatoms. The molecule has 29 heavy (non-hydrogen) atoms. The lowest BCUT2D eigenvalue weighted by molar-refractivity contribution is 0.0778. The van der Waals surface area contributed by atoms with Crippen LogP contribution in [0.4, 0.5) is 0 Å². The first-order chi connectivity index (χ1) is 14.1. The molecule has 0 aliphatic carbocycles. The number of hydrogen-bond acceptors (Lipinski definition) is 5. The molecule has 0 radical (unpaired) electrons. The van der Waals surface area contributed by atoms with Gasteiger partial charge >= 0.3 is 0 Å². The number of hydrogen-bond donors (Lipinski definition) is 3. The maximum Gasteiger partial charge on any atom is 0.191 e. The number of piperidine rings is 1. The van der Waals surface area contributed by atoms with E-state index in [9.17, 15) is 5.11 Å². The van der Waals surface area contributed by atoms with E-state index in [2.05, 4.69) is 34.6 Å². The first-order valence-corrected chi connectivity index (χ1v) is 12.0. The third-order valence-electron chi connectivity index (χ3n) is 5.75. The summed E-state index contributed by atoms with van der Waals surface area (Å²) in [4.78, 5) is 7.27. The Bertz CT molecular complexity index is 641. The lowest BCUT2D eigenvalue weighted by Crippen LogP contribution is -2.45. The first-order valence-electron chi connectivity index (χ1n) is 10.8. The molecule has 1 aromatic rings. The zero-order chi connectivity index (χ0) is 20.5. The number of ether oxygens (including phenoxy) is 1. The van der Waals surface area contributed by atoms with E-state index in [1.165, 1.54) is 24.8 Å². The van der Waals surface area contributed by atoms with Crippen LogP contribution in [-0.4, -0.2) is 72.9 Å². The highest BCUT2D eigenvalue weighted by molar-refractivity contribution is 7.99. The average molecular weight is 421 g/mol. The second kappa shape index (κ2) is 11.1. The van der Waals surface area contributed by atoms with Crippen LogP contribution in [0.5, 0.6) is 5.75 Å². The molecule has 0 spiro atoms. The van der Waals surface area contributed by atoms with Gasteiger partial charge < -0.3 is 20.5 Å². The van der Waals surface area contributed by atoms with Crippen molar-refractivity contribution in [2.24, 2.45) is 4.99 Å². The van der Waals surface area contributed by atoms with Crippen molar-refractivity contribution in [3.05, 3.63) is 29.8 Å². The molecule has 0 bridgehead atoms. The molecule has 0 amide bonds. The van der Waals surface area contributed by atoms with Crippen LogP contribution in [0.2, 0.25) is 0 Å². The van der Waals surface area contributed by atoms with Gasteiger partial charge in [-0.15, -0.1) is 0 Å². The van der Waals surface area contributed by atoms with Crippen molar-refractivity contribution < 1.29 is 9.84 Å². The summed E-state index contributed by atoms with van der Waals surface area (Å²) in [5.41, 5.74) is 0.636. The Morgan fingerprint density at radius 3 is 2.62 bits per heavy atom. The summed E-state index contributed by atoms with van der Waals surface area (Å²) in [6.45, 7) is 6.36. The molecule has 0 aromatic heterocycles. The zero-order valence-corrected chi connectivity index (χ0v) is 18.6. The van der Waals surface area contributed by atoms with E-state index in [0.29, 0.717) is 6.54 Å². The summed E-state index contributed by atoms with van der Waals surface area (Å²) in [5.74, 6) is 3.47. The Kier molecular flexibility index (Phi) is 8.51. The molecule has 6 nitrogen and oxygen atoms in total. The molecule has 2 heterocycles. The van der Waals surface area contributed by atoms with Crippen LogP contribution >= 0.6 is 11.8 Å². The third kappa shape index (κ3) is 6.52. The van der Waals surface area contributed by atoms with E-state index >= 15 is 0 Å². The van der Waals surface area contributed by atoms with E-state index in [1.807, 2.05) is 12.1 Å². The van der Waals surface area contributed by atoms with Crippen LogP contribution in [0.1, 0.15) is 44.2 Å². The van der Waals surface area contributed by atoms with Gasteiger partial charge in [-0.2, -0.15) is 11.8 Å². The van der Waals surface area contributed by atoms with Crippen molar-refractivity contribution >= 4 is 17.7 Å². The van der Waals surface area contributed by atoms with E-state index in [-0.39, 0.29) is 6.04 Å². The number of rotatable bonds is 8. The Balaban J connectivity index is 1.68. The molecule has 1 aromatic carbocycles. The predicted molar refractivity (Wildman–Crippen MR) is 122 cm³/mol. The van der Waals surface area contributed by atoms with E-state index < -0.39 is 5.60 Å². The highest BCUT2D eigenvalue weighted by Crippen LogP contribution is 2.28.